The molecular formula is C12H20N2OS3. The quantitative estimate of drug-likeness (QED) is 0.874. The van der Waals surface area contributed by atoms with Crippen molar-refractivity contribution in [1.82, 2.24) is 10.3 Å². The van der Waals surface area contributed by atoms with Crippen molar-refractivity contribution in [3.63, 3.8) is 0 Å². The molecule has 0 aromatic carbocycles. The van der Waals surface area contributed by atoms with Crippen LogP contribution in [-0.4, -0.2) is 35.9 Å². The van der Waals surface area contributed by atoms with Crippen LogP contribution in [0.25, 0.3) is 0 Å². The molecule has 1 fully saturated rings. The number of methoxy groups -OCH3 is 1. The van der Waals surface area contributed by atoms with Crippen LogP contribution in [0.2, 0.25) is 0 Å². The molecular weight excluding hydrogens is 284 g/mol. The van der Waals surface area contributed by atoms with Gasteiger partial charge in [0.2, 0.25) is 0 Å². The molecule has 1 N–H and O–H groups in total. The van der Waals surface area contributed by atoms with Crippen LogP contribution in [0.4, 0.5) is 0 Å². The van der Waals surface area contributed by atoms with E-state index in [2.05, 4.69) is 12.2 Å². The molecule has 0 aliphatic carbocycles. The van der Waals surface area contributed by atoms with Crippen LogP contribution in [0.1, 0.15) is 27.8 Å². The molecule has 6 heteroatoms. The second-order valence-corrected chi connectivity index (χ2v) is 7.65. The lowest BCUT2D eigenvalue weighted by molar-refractivity contribution is 0.181. The summed E-state index contributed by atoms with van der Waals surface area (Å²) in [5, 5.41) is 5.25. The van der Waals surface area contributed by atoms with Crippen LogP contribution in [-0.2, 0) is 17.9 Å². The molecule has 2 heterocycles. The molecule has 0 radical (unpaired) electrons. The van der Waals surface area contributed by atoms with Crippen LogP contribution in [0.15, 0.2) is 0 Å². The number of rotatable bonds is 6. The largest absolute Gasteiger partial charge is 0.378 e. The molecule has 0 amide bonds. The van der Waals surface area contributed by atoms with E-state index >= 15 is 0 Å². The summed E-state index contributed by atoms with van der Waals surface area (Å²) in [7, 11) is 1.74. The highest BCUT2D eigenvalue weighted by molar-refractivity contribution is 8.06. The van der Waals surface area contributed by atoms with Gasteiger partial charge in [-0.05, 0) is 6.54 Å². The van der Waals surface area contributed by atoms with E-state index in [0.717, 1.165) is 18.8 Å². The van der Waals surface area contributed by atoms with Gasteiger partial charge in [0.05, 0.1) is 17.6 Å². The number of hydrogen-bond donors (Lipinski definition) is 1. The Morgan fingerprint density at radius 2 is 2.33 bits per heavy atom. The number of thioether (sulfide) groups is 2. The lowest BCUT2D eigenvalue weighted by Crippen LogP contribution is -2.12. The van der Waals surface area contributed by atoms with Gasteiger partial charge < -0.3 is 10.1 Å². The standard InChI is InChI=1S/C12H20N2OS3/c1-3-13-6-10-9(7-15-2)14-12(18-10)11-8-16-4-5-17-11/h11,13H,3-8H2,1-2H3. The predicted molar refractivity (Wildman–Crippen MR) is 82.7 cm³/mol. The summed E-state index contributed by atoms with van der Waals surface area (Å²) in [6.07, 6.45) is 0. The maximum absolute atomic E-state index is 5.25. The fourth-order valence-corrected chi connectivity index (χ4v) is 5.82. The first kappa shape index (κ1) is 14.7. The SMILES string of the molecule is CCNCc1sc(C2CSCCS2)nc1COC. The monoisotopic (exact) mass is 304 g/mol. The van der Waals surface area contributed by atoms with Crippen molar-refractivity contribution in [2.75, 3.05) is 30.9 Å². The highest BCUT2D eigenvalue weighted by Crippen LogP contribution is 2.39. The van der Waals surface area contributed by atoms with E-state index in [1.54, 1.807) is 7.11 Å². The van der Waals surface area contributed by atoms with Crippen LogP contribution in [0.3, 0.4) is 0 Å². The van der Waals surface area contributed by atoms with Gasteiger partial charge in [0.15, 0.2) is 0 Å². The van der Waals surface area contributed by atoms with Gasteiger partial charge >= 0.3 is 0 Å². The topological polar surface area (TPSA) is 34.2 Å². The molecule has 1 aliphatic heterocycles. The molecule has 1 atom stereocenters. The Labute approximate surface area is 121 Å². The molecule has 1 aromatic rings. The predicted octanol–water partition coefficient (Wildman–Crippen LogP) is 2.92. The number of ether oxygens (including phenoxy) is 1. The number of nitrogens with zero attached hydrogens (tertiary/aromatic N) is 1. The van der Waals surface area contributed by atoms with Crippen molar-refractivity contribution < 1.29 is 4.74 Å². The highest BCUT2D eigenvalue weighted by atomic mass is 32.2. The Morgan fingerprint density at radius 1 is 1.44 bits per heavy atom. The molecule has 0 bridgehead atoms. The molecule has 1 saturated heterocycles. The number of thiazole rings is 1. The number of hydrogen-bond acceptors (Lipinski definition) is 6. The maximum atomic E-state index is 5.25. The Kier molecular flexibility index (Phi) is 6.31. The van der Waals surface area contributed by atoms with Gasteiger partial charge in [0, 0.05) is 35.8 Å². The van der Waals surface area contributed by atoms with E-state index in [9.17, 15) is 0 Å². The molecule has 0 spiro atoms. The average molecular weight is 305 g/mol. The van der Waals surface area contributed by atoms with Crippen molar-refractivity contribution in [1.29, 1.82) is 0 Å². The minimum atomic E-state index is 0.583. The van der Waals surface area contributed by atoms with Gasteiger partial charge in [-0.15, -0.1) is 23.1 Å². The molecule has 18 heavy (non-hydrogen) atoms. The molecule has 0 saturated carbocycles. The highest BCUT2D eigenvalue weighted by Gasteiger charge is 2.22. The van der Waals surface area contributed by atoms with Crippen LogP contribution >= 0.6 is 34.9 Å². The summed E-state index contributed by atoms with van der Waals surface area (Å²) in [6.45, 7) is 4.67. The molecule has 2 rings (SSSR count). The Bertz CT molecular complexity index is 364. The first-order valence-corrected chi connectivity index (χ1v) is 9.24. The molecule has 1 unspecified atom stereocenters. The lowest BCUT2D eigenvalue weighted by Gasteiger charge is -2.18. The summed E-state index contributed by atoms with van der Waals surface area (Å²) in [6, 6.07) is 0. The van der Waals surface area contributed by atoms with Crippen LogP contribution in [0, 0.1) is 0 Å². The summed E-state index contributed by atoms with van der Waals surface area (Å²) < 4.78 is 5.25. The Morgan fingerprint density at radius 3 is 3.00 bits per heavy atom. The van der Waals surface area contributed by atoms with E-state index < -0.39 is 0 Å². The summed E-state index contributed by atoms with van der Waals surface area (Å²) >= 11 is 5.95. The number of nitrogens with one attached hydrogen (secondary N) is 1. The normalized spacial score (nSPS) is 20.2. The molecule has 1 aliphatic rings. The van der Waals surface area contributed by atoms with Gasteiger partial charge in [-0.1, -0.05) is 6.92 Å². The zero-order valence-corrected chi connectivity index (χ0v) is 13.3. The van der Waals surface area contributed by atoms with Crippen LogP contribution < -0.4 is 5.32 Å². The Balaban J connectivity index is 2.09. The van der Waals surface area contributed by atoms with Crippen molar-refractivity contribution in [2.24, 2.45) is 0 Å². The minimum Gasteiger partial charge on any atom is -0.378 e. The zero-order valence-electron chi connectivity index (χ0n) is 10.9. The third-order valence-corrected chi connectivity index (χ3v) is 6.83. The van der Waals surface area contributed by atoms with E-state index in [1.807, 2.05) is 34.9 Å². The van der Waals surface area contributed by atoms with Crippen LogP contribution in [0.5, 0.6) is 0 Å². The third-order valence-electron chi connectivity index (χ3n) is 2.70. The van der Waals surface area contributed by atoms with E-state index in [4.69, 9.17) is 9.72 Å². The molecule has 1 aromatic heterocycles. The van der Waals surface area contributed by atoms with E-state index in [0.29, 0.717) is 11.9 Å². The zero-order chi connectivity index (χ0) is 12.8. The fourth-order valence-electron chi connectivity index (χ4n) is 1.80. The number of aromatic nitrogens is 1. The fraction of sp³-hybridized carbons (Fsp3) is 0.750. The van der Waals surface area contributed by atoms with Gasteiger partial charge in [0.25, 0.3) is 0 Å². The van der Waals surface area contributed by atoms with Crippen molar-refractivity contribution >= 4 is 34.9 Å². The summed E-state index contributed by atoms with van der Waals surface area (Å²) in [5.74, 6) is 3.73. The van der Waals surface area contributed by atoms with Gasteiger partial charge in [-0.25, -0.2) is 4.98 Å². The van der Waals surface area contributed by atoms with Gasteiger partial charge in [0.1, 0.15) is 5.01 Å². The van der Waals surface area contributed by atoms with Crippen molar-refractivity contribution in [3.8, 4) is 0 Å². The van der Waals surface area contributed by atoms with Gasteiger partial charge in [-0.2, -0.15) is 11.8 Å². The minimum absolute atomic E-state index is 0.583. The van der Waals surface area contributed by atoms with E-state index in [1.165, 1.54) is 27.1 Å². The average Bonchev–Trinajstić information content (AvgIpc) is 2.81. The molecule has 102 valence electrons. The first-order chi connectivity index (χ1) is 8.85. The third kappa shape index (κ3) is 3.87. The maximum Gasteiger partial charge on any atom is 0.107 e. The lowest BCUT2D eigenvalue weighted by atomic mass is 10.3. The summed E-state index contributed by atoms with van der Waals surface area (Å²) in [4.78, 5) is 6.13. The van der Waals surface area contributed by atoms with Gasteiger partial charge in [-0.3, -0.25) is 0 Å². The van der Waals surface area contributed by atoms with E-state index in [-0.39, 0.29) is 0 Å². The second-order valence-electron chi connectivity index (χ2n) is 4.07. The first-order valence-electron chi connectivity index (χ1n) is 6.22. The summed E-state index contributed by atoms with van der Waals surface area (Å²) in [5.41, 5.74) is 1.12. The second kappa shape index (κ2) is 7.75. The Hall–Kier alpha value is 0.250. The van der Waals surface area contributed by atoms with Crippen molar-refractivity contribution in [3.05, 3.63) is 15.6 Å². The molecule has 3 nitrogen and oxygen atoms in total. The smallest absolute Gasteiger partial charge is 0.107 e. The van der Waals surface area contributed by atoms with Crippen molar-refractivity contribution in [2.45, 2.75) is 25.3 Å².